The molecule has 3 heteroatoms. The van der Waals surface area contributed by atoms with Crippen molar-refractivity contribution in [1.82, 2.24) is 0 Å². The molecule has 0 spiro atoms. The van der Waals surface area contributed by atoms with Crippen molar-refractivity contribution in [3.8, 4) is 16.9 Å². The van der Waals surface area contributed by atoms with E-state index in [9.17, 15) is 4.39 Å². The normalized spacial score (nSPS) is 13.0. The maximum absolute atomic E-state index is 13.4. The van der Waals surface area contributed by atoms with E-state index in [1.54, 1.807) is 13.2 Å². The van der Waals surface area contributed by atoms with Crippen molar-refractivity contribution in [3.05, 3.63) is 47.8 Å². The Kier molecular flexibility index (Phi) is 2.67. The summed E-state index contributed by atoms with van der Waals surface area (Å²) < 4.78 is 18.7. The van der Waals surface area contributed by atoms with Crippen LogP contribution in [-0.2, 0) is 6.42 Å². The molecule has 0 saturated carbocycles. The molecule has 1 aliphatic heterocycles. The lowest BCUT2D eigenvalue weighted by Gasteiger charge is -2.10. The van der Waals surface area contributed by atoms with E-state index < -0.39 is 0 Å². The fourth-order valence-electron chi connectivity index (χ4n) is 2.36. The molecule has 0 amide bonds. The Morgan fingerprint density at radius 2 is 2.06 bits per heavy atom. The van der Waals surface area contributed by atoms with Crippen LogP contribution in [0.1, 0.15) is 5.56 Å². The summed E-state index contributed by atoms with van der Waals surface area (Å²) in [6.07, 6.45) is 1.05. The lowest BCUT2D eigenvalue weighted by molar-refractivity contribution is 0.415. The second-order valence-corrected chi connectivity index (χ2v) is 4.39. The fourth-order valence-corrected chi connectivity index (χ4v) is 2.36. The van der Waals surface area contributed by atoms with Gasteiger partial charge in [-0.15, -0.1) is 0 Å². The van der Waals surface area contributed by atoms with Gasteiger partial charge < -0.3 is 10.1 Å². The van der Waals surface area contributed by atoms with Gasteiger partial charge in [0.05, 0.1) is 7.11 Å². The topological polar surface area (TPSA) is 21.3 Å². The molecule has 0 atom stereocenters. The number of rotatable bonds is 2. The van der Waals surface area contributed by atoms with E-state index in [0.717, 1.165) is 29.8 Å². The quantitative estimate of drug-likeness (QED) is 0.872. The summed E-state index contributed by atoms with van der Waals surface area (Å²) in [7, 11) is 1.60. The van der Waals surface area contributed by atoms with Gasteiger partial charge in [-0.25, -0.2) is 4.39 Å². The molecule has 0 radical (unpaired) electrons. The van der Waals surface area contributed by atoms with Crippen LogP contribution in [-0.4, -0.2) is 13.7 Å². The van der Waals surface area contributed by atoms with Crippen molar-refractivity contribution in [2.75, 3.05) is 19.0 Å². The number of hydrogen-bond donors (Lipinski definition) is 1. The Morgan fingerprint density at radius 1 is 1.17 bits per heavy atom. The number of methoxy groups -OCH3 is 1. The molecule has 2 aromatic rings. The second kappa shape index (κ2) is 4.33. The highest BCUT2D eigenvalue weighted by Crippen LogP contribution is 2.34. The summed E-state index contributed by atoms with van der Waals surface area (Å²) in [5.41, 5.74) is 4.21. The molecule has 0 aromatic heterocycles. The third-order valence-corrected chi connectivity index (χ3v) is 3.29. The van der Waals surface area contributed by atoms with Crippen LogP contribution in [0.5, 0.6) is 5.75 Å². The Morgan fingerprint density at radius 3 is 2.89 bits per heavy atom. The predicted molar refractivity (Wildman–Crippen MR) is 70.6 cm³/mol. The first-order valence-electron chi connectivity index (χ1n) is 5.98. The highest BCUT2D eigenvalue weighted by Gasteiger charge is 2.13. The molecule has 0 bridgehead atoms. The molecule has 2 aromatic carbocycles. The predicted octanol–water partition coefficient (Wildman–Crippen LogP) is 3.47. The van der Waals surface area contributed by atoms with Gasteiger partial charge in [0.15, 0.2) is 0 Å². The first-order chi connectivity index (χ1) is 8.78. The molecule has 92 valence electrons. The van der Waals surface area contributed by atoms with Gasteiger partial charge in [0.25, 0.3) is 0 Å². The number of fused-ring (bicyclic) bond motifs is 1. The average Bonchev–Trinajstić information content (AvgIpc) is 2.85. The van der Waals surface area contributed by atoms with Crippen LogP contribution in [0.4, 0.5) is 10.1 Å². The summed E-state index contributed by atoms with van der Waals surface area (Å²) in [5, 5.41) is 3.33. The number of nitrogens with one attached hydrogen (secondary N) is 1. The number of ether oxygens (including phenoxy) is 1. The third kappa shape index (κ3) is 1.82. The van der Waals surface area contributed by atoms with E-state index in [1.807, 2.05) is 6.07 Å². The molecule has 0 unspecified atom stereocenters. The Hall–Kier alpha value is -2.03. The molecular formula is C15H14FNO. The summed E-state index contributed by atoms with van der Waals surface area (Å²) in [6.45, 7) is 0.971. The standard InChI is InChI=1S/C15H14FNO/c1-18-15-5-4-12(16)9-13(15)11-3-2-10-6-7-17-14(10)8-11/h2-5,8-9,17H,6-7H2,1H3. The molecule has 3 rings (SSSR count). The van der Waals surface area contributed by atoms with Crippen molar-refractivity contribution in [2.45, 2.75) is 6.42 Å². The first-order valence-corrected chi connectivity index (χ1v) is 5.98. The zero-order valence-electron chi connectivity index (χ0n) is 10.2. The maximum Gasteiger partial charge on any atom is 0.126 e. The molecule has 0 aliphatic carbocycles. The Bertz CT molecular complexity index is 595. The van der Waals surface area contributed by atoms with Crippen LogP contribution in [0.25, 0.3) is 11.1 Å². The van der Waals surface area contributed by atoms with E-state index in [2.05, 4.69) is 17.4 Å². The molecule has 0 fully saturated rings. The average molecular weight is 243 g/mol. The number of hydrogen-bond acceptors (Lipinski definition) is 2. The van der Waals surface area contributed by atoms with Crippen molar-refractivity contribution >= 4 is 5.69 Å². The zero-order valence-corrected chi connectivity index (χ0v) is 10.2. The van der Waals surface area contributed by atoms with Gasteiger partial charge in [-0.05, 0) is 41.8 Å². The minimum absolute atomic E-state index is 0.251. The van der Waals surface area contributed by atoms with Crippen LogP contribution in [0.15, 0.2) is 36.4 Å². The van der Waals surface area contributed by atoms with Gasteiger partial charge in [-0.2, -0.15) is 0 Å². The summed E-state index contributed by atoms with van der Waals surface area (Å²) in [6, 6.07) is 10.7. The largest absolute Gasteiger partial charge is 0.496 e. The lowest BCUT2D eigenvalue weighted by atomic mass is 10.0. The molecule has 1 N–H and O–H groups in total. The van der Waals surface area contributed by atoms with Crippen molar-refractivity contribution in [1.29, 1.82) is 0 Å². The zero-order chi connectivity index (χ0) is 12.5. The summed E-state index contributed by atoms with van der Waals surface area (Å²) >= 11 is 0. The van der Waals surface area contributed by atoms with Gasteiger partial charge in [-0.1, -0.05) is 12.1 Å². The van der Waals surface area contributed by atoms with E-state index in [4.69, 9.17) is 4.74 Å². The molecule has 2 nitrogen and oxygen atoms in total. The van der Waals surface area contributed by atoms with Crippen molar-refractivity contribution in [3.63, 3.8) is 0 Å². The number of halogens is 1. The number of anilines is 1. The van der Waals surface area contributed by atoms with Gasteiger partial charge in [0.2, 0.25) is 0 Å². The molecule has 0 saturated heterocycles. The maximum atomic E-state index is 13.4. The monoisotopic (exact) mass is 243 g/mol. The third-order valence-electron chi connectivity index (χ3n) is 3.29. The molecule has 1 aliphatic rings. The second-order valence-electron chi connectivity index (χ2n) is 4.39. The van der Waals surface area contributed by atoms with Crippen molar-refractivity contribution in [2.24, 2.45) is 0 Å². The van der Waals surface area contributed by atoms with Crippen LogP contribution >= 0.6 is 0 Å². The van der Waals surface area contributed by atoms with Crippen LogP contribution in [0, 0.1) is 5.82 Å². The SMILES string of the molecule is COc1ccc(F)cc1-c1ccc2c(c1)NCC2. The highest BCUT2D eigenvalue weighted by molar-refractivity contribution is 5.75. The molecule has 18 heavy (non-hydrogen) atoms. The molecular weight excluding hydrogens is 229 g/mol. The van der Waals surface area contributed by atoms with E-state index in [-0.39, 0.29) is 5.82 Å². The minimum atomic E-state index is -0.251. The smallest absolute Gasteiger partial charge is 0.126 e. The summed E-state index contributed by atoms with van der Waals surface area (Å²) in [5.74, 6) is 0.439. The Balaban J connectivity index is 2.12. The van der Waals surface area contributed by atoms with Gasteiger partial charge in [0.1, 0.15) is 11.6 Å². The minimum Gasteiger partial charge on any atom is -0.496 e. The van der Waals surface area contributed by atoms with Gasteiger partial charge >= 0.3 is 0 Å². The lowest BCUT2D eigenvalue weighted by Crippen LogP contribution is -1.92. The first kappa shape index (κ1) is 11.1. The van der Waals surface area contributed by atoms with Gasteiger partial charge in [0, 0.05) is 17.8 Å². The van der Waals surface area contributed by atoms with Crippen LogP contribution in [0.2, 0.25) is 0 Å². The highest BCUT2D eigenvalue weighted by atomic mass is 19.1. The fraction of sp³-hybridized carbons (Fsp3) is 0.200. The number of benzene rings is 2. The van der Waals surface area contributed by atoms with E-state index in [1.165, 1.54) is 17.7 Å². The van der Waals surface area contributed by atoms with Crippen LogP contribution < -0.4 is 10.1 Å². The van der Waals surface area contributed by atoms with Crippen LogP contribution in [0.3, 0.4) is 0 Å². The Labute approximate surface area is 105 Å². The van der Waals surface area contributed by atoms with E-state index >= 15 is 0 Å². The van der Waals surface area contributed by atoms with Crippen molar-refractivity contribution < 1.29 is 9.13 Å². The van der Waals surface area contributed by atoms with Gasteiger partial charge in [-0.3, -0.25) is 0 Å². The summed E-state index contributed by atoms with van der Waals surface area (Å²) in [4.78, 5) is 0. The van der Waals surface area contributed by atoms with E-state index in [0.29, 0.717) is 5.75 Å². The molecule has 1 heterocycles.